The highest BCUT2D eigenvalue weighted by molar-refractivity contribution is 6.27. The Morgan fingerprint density at radius 1 is 1.00 bits per heavy atom. The summed E-state index contributed by atoms with van der Waals surface area (Å²) >= 11 is 0. The van der Waals surface area contributed by atoms with E-state index in [9.17, 15) is 9.59 Å². The van der Waals surface area contributed by atoms with Crippen molar-refractivity contribution in [2.24, 2.45) is 4.99 Å². The number of fused-ring (bicyclic) bond motifs is 3. The molecule has 1 saturated heterocycles. The van der Waals surface area contributed by atoms with E-state index in [0.29, 0.717) is 37.5 Å². The van der Waals surface area contributed by atoms with Gasteiger partial charge in [0.15, 0.2) is 0 Å². The molecule has 1 spiro atoms. The third kappa shape index (κ3) is 3.58. The number of aliphatic imine (C=N–C) groups is 1. The maximum atomic E-state index is 15.0. The van der Waals surface area contributed by atoms with Crippen LogP contribution in [0.4, 0.5) is 16.2 Å². The van der Waals surface area contributed by atoms with Crippen LogP contribution >= 0.6 is 0 Å². The number of likely N-dealkylation sites (tertiary alicyclic amines) is 1. The largest absolute Gasteiger partial charge is 0.443 e. The third-order valence-electron chi connectivity index (χ3n) is 8.17. The van der Waals surface area contributed by atoms with E-state index in [0.717, 1.165) is 22.4 Å². The number of ether oxygens (including phenoxy) is 1. The van der Waals surface area contributed by atoms with E-state index in [1.54, 1.807) is 4.90 Å². The molecule has 3 heterocycles. The van der Waals surface area contributed by atoms with Crippen molar-refractivity contribution in [3.63, 3.8) is 0 Å². The van der Waals surface area contributed by atoms with Crippen LogP contribution in [-0.2, 0) is 26.9 Å². The molecule has 2 amide bonds. The number of amidine groups is 1. The van der Waals surface area contributed by atoms with E-state index < -0.39 is 22.5 Å². The molecule has 1 fully saturated rings. The monoisotopic (exact) mass is 519 g/mol. The predicted molar refractivity (Wildman–Crippen MR) is 153 cm³/mol. The van der Waals surface area contributed by atoms with E-state index >= 15 is 0 Å². The van der Waals surface area contributed by atoms with Crippen molar-refractivity contribution >= 4 is 29.2 Å². The smallest absolute Gasteiger partial charge is 0.420 e. The van der Waals surface area contributed by atoms with Gasteiger partial charge >= 0.3 is 6.09 Å². The van der Waals surface area contributed by atoms with Crippen LogP contribution in [-0.4, -0.2) is 34.9 Å². The summed E-state index contributed by atoms with van der Waals surface area (Å²) in [5.41, 5.74) is 1.69. The van der Waals surface area contributed by atoms with E-state index in [1.807, 2.05) is 92.4 Å². The molecule has 0 unspecified atom stereocenters. The lowest BCUT2D eigenvalue weighted by molar-refractivity contribution is -0.144. The third-order valence-corrected chi connectivity index (χ3v) is 8.17. The molecule has 0 N–H and O–H groups in total. The van der Waals surface area contributed by atoms with Crippen LogP contribution in [0, 0.1) is 0 Å². The zero-order valence-electron chi connectivity index (χ0n) is 22.7. The molecule has 6 rings (SSSR count). The maximum absolute atomic E-state index is 15.0. The fourth-order valence-corrected chi connectivity index (χ4v) is 6.76. The molecule has 3 aromatic rings. The van der Waals surface area contributed by atoms with Crippen LogP contribution in [0.5, 0.6) is 0 Å². The quantitative estimate of drug-likeness (QED) is 0.362. The van der Waals surface area contributed by atoms with Crippen molar-refractivity contribution in [2.45, 2.75) is 56.6 Å². The number of hydrogen-bond acceptors (Lipinski definition) is 4. The Morgan fingerprint density at radius 2 is 1.67 bits per heavy atom. The Balaban J connectivity index is 1.62. The Hall–Kier alpha value is -4.19. The first kappa shape index (κ1) is 25.1. The number of piperidine rings is 1. The summed E-state index contributed by atoms with van der Waals surface area (Å²) in [5.74, 6) is 0.587. The lowest BCUT2D eigenvalue weighted by atomic mass is 9.49. The molecule has 0 saturated carbocycles. The summed E-state index contributed by atoms with van der Waals surface area (Å²) in [4.78, 5) is 37.5. The van der Waals surface area contributed by atoms with Gasteiger partial charge in [0, 0.05) is 13.1 Å². The Bertz CT molecular complexity index is 1510. The first-order valence-corrected chi connectivity index (χ1v) is 13.5. The van der Waals surface area contributed by atoms with Gasteiger partial charge in [-0.25, -0.2) is 14.7 Å². The van der Waals surface area contributed by atoms with Crippen LogP contribution in [0.2, 0.25) is 0 Å². The molecule has 3 aliphatic rings. The Kier molecular flexibility index (Phi) is 5.75. The van der Waals surface area contributed by atoms with Crippen molar-refractivity contribution in [1.82, 2.24) is 4.90 Å². The zero-order chi connectivity index (χ0) is 27.4. The van der Waals surface area contributed by atoms with Gasteiger partial charge in [-0.3, -0.25) is 4.79 Å². The van der Waals surface area contributed by atoms with E-state index in [4.69, 9.17) is 9.73 Å². The van der Waals surface area contributed by atoms with Gasteiger partial charge < -0.3 is 9.64 Å². The van der Waals surface area contributed by atoms with Crippen molar-refractivity contribution in [3.05, 3.63) is 108 Å². The zero-order valence-corrected chi connectivity index (χ0v) is 22.7. The second-order valence-electron chi connectivity index (χ2n) is 11.6. The lowest BCUT2D eigenvalue weighted by Gasteiger charge is -2.58. The summed E-state index contributed by atoms with van der Waals surface area (Å²) in [5, 5.41) is 0. The summed E-state index contributed by atoms with van der Waals surface area (Å²) in [6.45, 7) is 10.7. The number of hydrogen-bond donors (Lipinski definition) is 0. The van der Waals surface area contributed by atoms with Crippen LogP contribution in [0.25, 0.3) is 0 Å². The Morgan fingerprint density at radius 3 is 2.38 bits per heavy atom. The molecule has 0 bridgehead atoms. The fourth-order valence-electron chi connectivity index (χ4n) is 6.76. The molecule has 0 aliphatic carbocycles. The van der Waals surface area contributed by atoms with Crippen molar-refractivity contribution in [1.29, 1.82) is 0 Å². The highest BCUT2D eigenvalue weighted by Gasteiger charge is 2.70. The van der Waals surface area contributed by atoms with Crippen LogP contribution in [0.3, 0.4) is 0 Å². The fraction of sp³-hybridized carbons (Fsp3) is 0.303. The number of para-hydroxylation sites is 2. The molecule has 2 atom stereocenters. The van der Waals surface area contributed by atoms with Gasteiger partial charge in [-0.1, -0.05) is 72.8 Å². The molecular weight excluding hydrogens is 486 g/mol. The average molecular weight is 520 g/mol. The van der Waals surface area contributed by atoms with Crippen LogP contribution in [0.1, 0.15) is 50.3 Å². The van der Waals surface area contributed by atoms with Gasteiger partial charge in [0.25, 0.3) is 0 Å². The van der Waals surface area contributed by atoms with Crippen LogP contribution in [0.15, 0.2) is 96.5 Å². The number of benzene rings is 3. The molecule has 3 aliphatic heterocycles. The predicted octanol–water partition coefficient (Wildman–Crippen LogP) is 6.67. The van der Waals surface area contributed by atoms with Gasteiger partial charge in [0.1, 0.15) is 11.4 Å². The lowest BCUT2D eigenvalue weighted by Crippen LogP contribution is -2.71. The molecule has 6 heteroatoms. The number of allylic oxidation sites excluding steroid dienone is 1. The normalized spacial score (nSPS) is 23.3. The van der Waals surface area contributed by atoms with E-state index in [1.165, 1.54) is 0 Å². The molecule has 6 nitrogen and oxygen atoms in total. The highest BCUT2D eigenvalue weighted by atomic mass is 16.6. The van der Waals surface area contributed by atoms with Gasteiger partial charge in [-0.05, 0) is 62.4 Å². The number of amides is 2. The molecule has 3 aromatic carbocycles. The van der Waals surface area contributed by atoms with Gasteiger partial charge in [0.2, 0.25) is 5.91 Å². The number of rotatable bonds is 4. The van der Waals surface area contributed by atoms with Crippen molar-refractivity contribution in [2.75, 3.05) is 11.4 Å². The molecule has 0 aromatic heterocycles. The van der Waals surface area contributed by atoms with Gasteiger partial charge in [-0.2, -0.15) is 0 Å². The number of carbonyl (C=O) groups is 2. The summed E-state index contributed by atoms with van der Waals surface area (Å²) in [6.07, 6.45) is 2.36. The maximum Gasteiger partial charge on any atom is 0.420 e. The van der Waals surface area contributed by atoms with E-state index in [-0.39, 0.29) is 5.91 Å². The van der Waals surface area contributed by atoms with Crippen LogP contribution < -0.4 is 4.90 Å². The number of nitrogens with zero attached hydrogens (tertiary/aromatic N) is 3. The Labute approximate surface area is 229 Å². The first-order chi connectivity index (χ1) is 18.7. The second-order valence-corrected chi connectivity index (χ2v) is 11.6. The number of carbonyl (C=O) groups excluding carboxylic acids is 2. The molecular formula is C33H33N3O3. The molecule has 198 valence electrons. The van der Waals surface area contributed by atoms with Crippen molar-refractivity contribution in [3.8, 4) is 0 Å². The standard InChI is InChI=1S/C33H33N3O3/c1-5-19-33-25-16-10-12-18-27(25)36(30(38)39-31(2,3)4)28-32(33,24-15-9-11-17-26(24)34-28)20-21-35(29(33)37)22-23-13-7-6-8-14-23/h5-18H,1,19-22H2,2-4H3/t32-,33+/m0/s1. The number of anilines is 1. The topological polar surface area (TPSA) is 62.2 Å². The molecule has 39 heavy (non-hydrogen) atoms. The molecule has 0 radical (unpaired) electrons. The first-order valence-electron chi connectivity index (χ1n) is 13.5. The highest BCUT2D eigenvalue weighted by Crippen LogP contribution is 2.63. The second kappa shape index (κ2) is 8.94. The average Bonchev–Trinajstić information content (AvgIpc) is 3.24. The SMILES string of the molecule is C=CC[C@@]12C(=O)N(Cc3ccccc3)CC[C@]13C(=Nc1ccccc13)N(C(=O)OC(C)(C)C)c1ccccc12. The van der Waals surface area contributed by atoms with Crippen molar-refractivity contribution < 1.29 is 14.3 Å². The van der Waals surface area contributed by atoms with Gasteiger partial charge in [0.05, 0.1) is 22.2 Å². The minimum Gasteiger partial charge on any atom is -0.443 e. The summed E-state index contributed by atoms with van der Waals surface area (Å²) in [6, 6.07) is 25.8. The summed E-state index contributed by atoms with van der Waals surface area (Å²) < 4.78 is 5.93. The summed E-state index contributed by atoms with van der Waals surface area (Å²) in [7, 11) is 0. The minimum atomic E-state index is -1.03. The van der Waals surface area contributed by atoms with Gasteiger partial charge in [-0.15, -0.1) is 6.58 Å². The van der Waals surface area contributed by atoms with E-state index in [2.05, 4.69) is 24.8 Å². The minimum absolute atomic E-state index is 0.0261.